The molecule has 0 radical (unpaired) electrons. The second kappa shape index (κ2) is 7.86. The maximum Gasteiger partial charge on any atom is 0.416 e. The molecule has 7 heteroatoms. The van der Waals surface area contributed by atoms with Crippen LogP contribution in [0.5, 0.6) is 0 Å². The normalized spacial score (nSPS) is 20.7. The lowest BCUT2D eigenvalue weighted by molar-refractivity contribution is -0.138. The van der Waals surface area contributed by atoms with Gasteiger partial charge < -0.3 is 5.32 Å². The van der Waals surface area contributed by atoms with Crippen LogP contribution in [0.1, 0.15) is 30.0 Å². The first kappa shape index (κ1) is 19.6. The van der Waals surface area contributed by atoms with E-state index in [-0.39, 0.29) is 30.9 Å². The first-order chi connectivity index (χ1) is 9.57. The van der Waals surface area contributed by atoms with Gasteiger partial charge in [-0.05, 0) is 30.4 Å². The van der Waals surface area contributed by atoms with Gasteiger partial charge in [-0.25, -0.2) is 0 Å². The Morgan fingerprint density at radius 3 is 2.18 bits per heavy atom. The van der Waals surface area contributed by atoms with E-state index in [0.29, 0.717) is 11.5 Å². The highest BCUT2D eigenvalue weighted by Crippen LogP contribution is 2.47. The largest absolute Gasteiger partial charge is 0.416 e. The monoisotopic (exact) mass is 356 g/mol. The highest BCUT2D eigenvalue weighted by molar-refractivity contribution is 5.85. The van der Waals surface area contributed by atoms with Crippen LogP contribution in [0.15, 0.2) is 24.3 Å². The lowest BCUT2D eigenvalue weighted by atomic mass is 9.94. The number of hydrogen-bond acceptors (Lipinski definition) is 2. The van der Waals surface area contributed by atoms with Gasteiger partial charge in [0.1, 0.15) is 0 Å². The molecule has 1 atom stereocenters. The van der Waals surface area contributed by atoms with Crippen molar-refractivity contribution in [2.45, 2.75) is 25.1 Å². The molecule has 0 unspecified atom stereocenters. The van der Waals surface area contributed by atoms with E-state index < -0.39 is 11.7 Å². The zero-order chi connectivity index (χ0) is 14.2. The van der Waals surface area contributed by atoms with Crippen molar-refractivity contribution in [1.29, 1.82) is 0 Å². The van der Waals surface area contributed by atoms with Crippen molar-refractivity contribution in [2.75, 3.05) is 26.2 Å². The van der Waals surface area contributed by atoms with E-state index in [2.05, 4.69) is 10.2 Å². The maximum absolute atomic E-state index is 13.2. The van der Waals surface area contributed by atoms with E-state index in [4.69, 9.17) is 0 Å². The lowest BCUT2D eigenvalue weighted by Gasteiger charge is -2.36. The maximum atomic E-state index is 13.2. The van der Waals surface area contributed by atoms with Gasteiger partial charge in [-0.1, -0.05) is 18.2 Å². The van der Waals surface area contributed by atoms with Crippen LogP contribution in [0.4, 0.5) is 13.2 Å². The highest BCUT2D eigenvalue weighted by atomic mass is 35.5. The van der Waals surface area contributed by atoms with Crippen molar-refractivity contribution in [1.82, 2.24) is 10.2 Å². The Morgan fingerprint density at radius 1 is 1.05 bits per heavy atom. The van der Waals surface area contributed by atoms with E-state index in [9.17, 15) is 13.2 Å². The molecule has 126 valence electrons. The van der Waals surface area contributed by atoms with Crippen LogP contribution in [-0.2, 0) is 6.18 Å². The molecule has 1 heterocycles. The molecular weight excluding hydrogens is 336 g/mol. The summed E-state index contributed by atoms with van der Waals surface area (Å²) >= 11 is 0. The Morgan fingerprint density at radius 2 is 1.64 bits per heavy atom. The van der Waals surface area contributed by atoms with Gasteiger partial charge in [0.2, 0.25) is 0 Å². The van der Waals surface area contributed by atoms with E-state index in [1.165, 1.54) is 12.1 Å². The third-order valence-corrected chi connectivity index (χ3v) is 4.20. The summed E-state index contributed by atoms with van der Waals surface area (Å²) in [6.07, 6.45) is -2.18. The summed E-state index contributed by atoms with van der Waals surface area (Å²) in [6, 6.07) is 6.01. The highest BCUT2D eigenvalue weighted by Gasteiger charge is 2.42. The lowest BCUT2D eigenvalue weighted by Crippen LogP contribution is -2.46. The minimum absolute atomic E-state index is 0. The number of alkyl halides is 3. The Balaban J connectivity index is 0.00000121. The molecule has 0 aromatic heterocycles. The summed E-state index contributed by atoms with van der Waals surface area (Å²) in [5.41, 5.74) is -0.000155. The van der Waals surface area contributed by atoms with Crippen LogP contribution in [0.25, 0.3) is 0 Å². The number of piperazine rings is 1. The molecule has 1 aliphatic heterocycles. The van der Waals surface area contributed by atoms with Gasteiger partial charge in [-0.3, -0.25) is 4.90 Å². The molecule has 2 aliphatic rings. The van der Waals surface area contributed by atoms with Gasteiger partial charge in [-0.15, -0.1) is 24.8 Å². The van der Waals surface area contributed by atoms with Crippen molar-refractivity contribution in [3.8, 4) is 0 Å². The summed E-state index contributed by atoms with van der Waals surface area (Å²) in [6.45, 7) is 3.37. The number of hydrogen-bond donors (Lipinski definition) is 1. The number of rotatable bonds is 3. The fourth-order valence-corrected chi connectivity index (χ4v) is 3.13. The van der Waals surface area contributed by atoms with Crippen molar-refractivity contribution < 1.29 is 13.2 Å². The first-order valence-corrected chi connectivity index (χ1v) is 7.18. The number of nitrogens with one attached hydrogen (secondary N) is 1. The molecule has 0 spiro atoms. The van der Waals surface area contributed by atoms with Gasteiger partial charge >= 0.3 is 6.18 Å². The van der Waals surface area contributed by atoms with Crippen LogP contribution in [-0.4, -0.2) is 31.1 Å². The predicted molar refractivity (Wildman–Crippen MR) is 85.8 cm³/mol. The molecule has 1 aromatic carbocycles. The molecule has 1 aromatic rings. The van der Waals surface area contributed by atoms with Crippen LogP contribution >= 0.6 is 24.8 Å². The van der Waals surface area contributed by atoms with Gasteiger partial charge in [-0.2, -0.15) is 13.2 Å². The van der Waals surface area contributed by atoms with Crippen LogP contribution in [0, 0.1) is 5.92 Å². The standard InChI is InChI=1S/C15H19F3N2.2ClH/c16-15(17,18)13-4-2-1-3-12(13)14(11-5-6-11)20-9-7-19-8-10-20;;/h1-4,11,14,19H,5-10H2;2*1H/t14-;;/m0../s1. The first-order valence-electron chi connectivity index (χ1n) is 7.18. The third-order valence-electron chi connectivity index (χ3n) is 4.20. The average molecular weight is 357 g/mol. The van der Waals surface area contributed by atoms with Crippen LogP contribution in [0.2, 0.25) is 0 Å². The average Bonchev–Trinajstić information content (AvgIpc) is 3.24. The molecule has 22 heavy (non-hydrogen) atoms. The van der Waals surface area contributed by atoms with E-state index in [0.717, 1.165) is 39.0 Å². The second-order valence-electron chi connectivity index (χ2n) is 5.65. The summed E-state index contributed by atoms with van der Waals surface area (Å²) in [5, 5.41) is 3.26. The molecule has 1 aliphatic carbocycles. The summed E-state index contributed by atoms with van der Waals surface area (Å²) < 4.78 is 39.7. The molecule has 2 fully saturated rings. The minimum atomic E-state index is -4.27. The molecule has 0 amide bonds. The fraction of sp³-hybridized carbons (Fsp3) is 0.600. The smallest absolute Gasteiger partial charge is 0.314 e. The Bertz CT molecular complexity index is 472. The van der Waals surface area contributed by atoms with Crippen molar-refractivity contribution in [3.05, 3.63) is 35.4 Å². The molecule has 2 nitrogen and oxygen atoms in total. The Kier molecular flexibility index (Phi) is 6.99. The SMILES string of the molecule is Cl.Cl.FC(F)(F)c1ccccc1[C@H](C1CC1)N1CCNCC1. The van der Waals surface area contributed by atoms with E-state index >= 15 is 0 Å². The van der Waals surface area contributed by atoms with Crippen molar-refractivity contribution in [2.24, 2.45) is 5.92 Å². The predicted octanol–water partition coefficient (Wildman–Crippen LogP) is 3.91. The van der Waals surface area contributed by atoms with Crippen molar-refractivity contribution in [3.63, 3.8) is 0 Å². The third kappa shape index (κ3) is 4.28. The number of nitrogens with zero attached hydrogens (tertiary/aromatic N) is 1. The fourth-order valence-electron chi connectivity index (χ4n) is 3.13. The molecule has 3 rings (SSSR count). The van der Waals surface area contributed by atoms with Crippen LogP contribution in [0.3, 0.4) is 0 Å². The topological polar surface area (TPSA) is 15.3 Å². The quantitative estimate of drug-likeness (QED) is 0.883. The second-order valence-corrected chi connectivity index (χ2v) is 5.65. The zero-order valence-electron chi connectivity index (χ0n) is 12.1. The minimum Gasteiger partial charge on any atom is -0.314 e. The van der Waals surface area contributed by atoms with Crippen LogP contribution < -0.4 is 5.32 Å². The number of benzene rings is 1. The molecular formula is C15H21Cl2F3N2. The van der Waals surface area contributed by atoms with Gasteiger partial charge in [0.05, 0.1) is 5.56 Å². The Labute approximate surface area is 141 Å². The van der Waals surface area contributed by atoms with Gasteiger partial charge in [0.25, 0.3) is 0 Å². The zero-order valence-corrected chi connectivity index (χ0v) is 13.7. The molecule has 1 N–H and O–H groups in total. The Hall–Kier alpha value is -0.490. The van der Waals surface area contributed by atoms with Gasteiger partial charge in [0, 0.05) is 32.2 Å². The van der Waals surface area contributed by atoms with E-state index in [1.807, 2.05) is 0 Å². The molecule has 1 saturated carbocycles. The summed E-state index contributed by atoms with van der Waals surface area (Å²) in [7, 11) is 0. The van der Waals surface area contributed by atoms with Gasteiger partial charge in [0.15, 0.2) is 0 Å². The number of halogens is 5. The summed E-state index contributed by atoms with van der Waals surface area (Å²) in [5.74, 6) is 0.386. The molecule has 1 saturated heterocycles. The summed E-state index contributed by atoms with van der Waals surface area (Å²) in [4.78, 5) is 2.22. The molecule has 0 bridgehead atoms. The van der Waals surface area contributed by atoms with E-state index in [1.54, 1.807) is 12.1 Å². The van der Waals surface area contributed by atoms with Crippen molar-refractivity contribution >= 4 is 24.8 Å².